The molecule has 0 fully saturated rings. The molecule has 1 atom stereocenters. The Morgan fingerprint density at radius 3 is 2.30 bits per heavy atom. The molecule has 0 amide bonds. The molecular formula is C16H17NO3. The first-order valence-electron chi connectivity index (χ1n) is 6.57. The number of hydrogen-bond acceptors (Lipinski definition) is 4. The minimum atomic E-state index is -0.197. The first-order valence-corrected chi connectivity index (χ1v) is 6.57. The minimum Gasteiger partial charge on any atom is -0.497 e. The zero-order valence-corrected chi connectivity index (χ0v) is 11.3. The highest BCUT2D eigenvalue weighted by molar-refractivity contribution is 5.46. The summed E-state index contributed by atoms with van der Waals surface area (Å²) in [4.78, 5) is 0. The number of methoxy groups -OCH3 is 1. The van der Waals surface area contributed by atoms with E-state index in [0.717, 1.165) is 28.4 Å². The highest BCUT2D eigenvalue weighted by Gasteiger charge is 2.15. The van der Waals surface area contributed by atoms with Crippen molar-refractivity contribution in [1.29, 1.82) is 0 Å². The van der Waals surface area contributed by atoms with Crippen molar-refractivity contribution in [3.05, 3.63) is 53.6 Å². The molecular weight excluding hydrogens is 254 g/mol. The molecule has 4 nitrogen and oxygen atoms in total. The van der Waals surface area contributed by atoms with Crippen LogP contribution in [0.1, 0.15) is 17.2 Å². The standard InChI is InChI=1S/C16H17NO3/c1-18-13-5-2-11(3-6-13)16(17)12-4-7-14-15(10-12)20-9-8-19-14/h2-7,10,16H,8-9,17H2,1H3. The molecule has 20 heavy (non-hydrogen) atoms. The maximum atomic E-state index is 6.30. The molecule has 1 aliphatic rings. The second-order valence-electron chi connectivity index (χ2n) is 4.65. The fourth-order valence-electron chi connectivity index (χ4n) is 2.26. The van der Waals surface area contributed by atoms with Gasteiger partial charge < -0.3 is 19.9 Å². The second kappa shape index (κ2) is 5.43. The van der Waals surface area contributed by atoms with E-state index in [-0.39, 0.29) is 6.04 Å². The smallest absolute Gasteiger partial charge is 0.161 e. The summed E-state index contributed by atoms with van der Waals surface area (Å²) in [6.07, 6.45) is 0. The van der Waals surface area contributed by atoms with Gasteiger partial charge >= 0.3 is 0 Å². The van der Waals surface area contributed by atoms with Crippen molar-refractivity contribution in [2.75, 3.05) is 20.3 Å². The van der Waals surface area contributed by atoms with Crippen LogP contribution in [0.5, 0.6) is 17.2 Å². The van der Waals surface area contributed by atoms with Crippen LogP contribution < -0.4 is 19.9 Å². The van der Waals surface area contributed by atoms with Gasteiger partial charge in [0, 0.05) is 0 Å². The topological polar surface area (TPSA) is 53.7 Å². The molecule has 0 bridgehead atoms. The minimum absolute atomic E-state index is 0.197. The van der Waals surface area contributed by atoms with Gasteiger partial charge in [0.25, 0.3) is 0 Å². The Bertz CT molecular complexity index is 595. The van der Waals surface area contributed by atoms with Gasteiger partial charge in [-0.05, 0) is 35.4 Å². The van der Waals surface area contributed by atoms with Crippen molar-refractivity contribution in [3.63, 3.8) is 0 Å². The summed E-state index contributed by atoms with van der Waals surface area (Å²) < 4.78 is 16.2. The van der Waals surface area contributed by atoms with Gasteiger partial charge in [-0.1, -0.05) is 18.2 Å². The predicted molar refractivity (Wildman–Crippen MR) is 76.5 cm³/mol. The first-order chi connectivity index (χ1) is 9.78. The van der Waals surface area contributed by atoms with E-state index in [4.69, 9.17) is 19.9 Å². The van der Waals surface area contributed by atoms with Gasteiger partial charge in [-0.3, -0.25) is 0 Å². The average molecular weight is 271 g/mol. The Kier molecular flexibility index (Phi) is 3.48. The molecule has 0 radical (unpaired) electrons. The number of ether oxygens (including phenoxy) is 3. The predicted octanol–water partition coefficient (Wildman–Crippen LogP) is 2.51. The van der Waals surface area contributed by atoms with Crippen LogP contribution in [0.3, 0.4) is 0 Å². The van der Waals surface area contributed by atoms with Gasteiger partial charge in [0.05, 0.1) is 13.2 Å². The number of nitrogens with two attached hydrogens (primary N) is 1. The summed E-state index contributed by atoms with van der Waals surface area (Å²) in [7, 11) is 1.65. The van der Waals surface area contributed by atoms with Crippen molar-refractivity contribution in [3.8, 4) is 17.2 Å². The molecule has 0 spiro atoms. The van der Waals surface area contributed by atoms with E-state index in [2.05, 4.69) is 0 Å². The molecule has 104 valence electrons. The Morgan fingerprint density at radius 1 is 0.950 bits per heavy atom. The van der Waals surface area contributed by atoms with Gasteiger partial charge in [-0.15, -0.1) is 0 Å². The van der Waals surface area contributed by atoms with Crippen molar-refractivity contribution < 1.29 is 14.2 Å². The quantitative estimate of drug-likeness (QED) is 0.932. The fraction of sp³-hybridized carbons (Fsp3) is 0.250. The highest BCUT2D eigenvalue weighted by atomic mass is 16.6. The van der Waals surface area contributed by atoms with Crippen molar-refractivity contribution in [2.45, 2.75) is 6.04 Å². The molecule has 1 unspecified atom stereocenters. The molecule has 1 aliphatic heterocycles. The molecule has 0 saturated carbocycles. The molecule has 0 aliphatic carbocycles. The number of benzene rings is 2. The van der Waals surface area contributed by atoms with Gasteiger partial charge in [0.15, 0.2) is 11.5 Å². The van der Waals surface area contributed by atoms with Crippen LogP contribution in [0.4, 0.5) is 0 Å². The third kappa shape index (κ3) is 2.42. The van der Waals surface area contributed by atoms with Crippen LogP contribution in [0.2, 0.25) is 0 Å². The summed E-state index contributed by atoms with van der Waals surface area (Å²) in [6.45, 7) is 1.17. The summed E-state index contributed by atoms with van der Waals surface area (Å²) >= 11 is 0. The fourth-order valence-corrected chi connectivity index (χ4v) is 2.26. The SMILES string of the molecule is COc1ccc(C(N)c2ccc3c(c2)OCCO3)cc1. The van der Waals surface area contributed by atoms with Crippen LogP contribution in [0.25, 0.3) is 0 Å². The normalized spacial score (nSPS) is 14.7. The molecule has 0 aromatic heterocycles. The summed E-state index contributed by atoms with van der Waals surface area (Å²) in [5, 5.41) is 0. The lowest BCUT2D eigenvalue weighted by Crippen LogP contribution is -2.17. The third-order valence-electron chi connectivity index (χ3n) is 3.40. The monoisotopic (exact) mass is 271 g/mol. The Balaban J connectivity index is 1.87. The van der Waals surface area contributed by atoms with Gasteiger partial charge in [0.1, 0.15) is 19.0 Å². The van der Waals surface area contributed by atoms with E-state index >= 15 is 0 Å². The molecule has 0 saturated heterocycles. The average Bonchev–Trinajstić information content (AvgIpc) is 2.54. The maximum Gasteiger partial charge on any atom is 0.161 e. The summed E-state index contributed by atoms with van der Waals surface area (Å²) in [5.41, 5.74) is 8.33. The Hall–Kier alpha value is -2.20. The lowest BCUT2D eigenvalue weighted by Gasteiger charge is -2.20. The Labute approximate surface area is 118 Å². The zero-order valence-electron chi connectivity index (χ0n) is 11.3. The highest BCUT2D eigenvalue weighted by Crippen LogP contribution is 2.33. The third-order valence-corrected chi connectivity index (χ3v) is 3.40. The molecule has 2 aromatic carbocycles. The van der Waals surface area contributed by atoms with Crippen molar-refractivity contribution in [2.24, 2.45) is 5.73 Å². The van der Waals surface area contributed by atoms with Gasteiger partial charge in [-0.2, -0.15) is 0 Å². The molecule has 3 rings (SSSR count). The van der Waals surface area contributed by atoms with Crippen LogP contribution in [-0.2, 0) is 0 Å². The molecule has 1 heterocycles. The molecule has 4 heteroatoms. The summed E-state index contributed by atoms with van der Waals surface area (Å²) in [6, 6.07) is 13.4. The van der Waals surface area contributed by atoms with Gasteiger partial charge in [0.2, 0.25) is 0 Å². The van der Waals surface area contributed by atoms with E-state index in [0.29, 0.717) is 13.2 Å². The molecule has 2 N–H and O–H groups in total. The number of fused-ring (bicyclic) bond motifs is 1. The lowest BCUT2D eigenvalue weighted by molar-refractivity contribution is 0.171. The van der Waals surface area contributed by atoms with E-state index < -0.39 is 0 Å². The van der Waals surface area contributed by atoms with Crippen LogP contribution >= 0.6 is 0 Å². The largest absolute Gasteiger partial charge is 0.497 e. The number of rotatable bonds is 3. The van der Waals surface area contributed by atoms with E-state index in [1.54, 1.807) is 7.11 Å². The first kappa shape index (κ1) is 12.8. The lowest BCUT2D eigenvalue weighted by atomic mass is 9.99. The van der Waals surface area contributed by atoms with Crippen molar-refractivity contribution >= 4 is 0 Å². The zero-order chi connectivity index (χ0) is 13.9. The molecule has 2 aromatic rings. The van der Waals surface area contributed by atoms with E-state index in [1.165, 1.54) is 0 Å². The van der Waals surface area contributed by atoms with E-state index in [9.17, 15) is 0 Å². The van der Waals surface area contributed by atoms with Crippen LogP contribution in [0.15, 0.2) is 42.5 Å². The van der Waals surface area contributed by atoms with Crippen LogP contribution in [0, 0.1) is 0 Å². The Morgan fingerprint density at radius 2 is 1.60 bits per heavy atom. The number of hydrogen-bond donors (Lipinski definition) is 1. The summed E-state index contributed by atoms with van der Waals surface area (Å²) in [5.74, 6) is 2.36. The van der Waals surface area contributed by atoms with Gasteiger partial charge in [-0.25, -0.2) is 0 Å². The van der Waals surface area contributed by atoms with Crippen LogP contribution in [-0.4, -0.2) is 20.3 Å². The second-order valence-corrected chi connectivity index (χ2v) is 4.65. The van der Waals surface area contributed by atoms with Crippen molar-refractivity contribution in [1.82, 2.24) is 0 Å². The van der Waals surface area contributed by atoms with E-state index in [1.807, 2.05) is 42.5 Å². The maximum absolute atomic E-state index is 6.30.